The van der Waals surface area contributed by atoms with Gasteiger partial charge in [0.2, 0.25) is 0 Å². The molecule has 1 N–H and O–H groups in total. The van der Waals surface area contributed by atoms with Gasteiger partial charge in [0.25, 0.3) is 0 Å². The van der Waals surface area contributed by atoms with Crippen LogP contribution in [0.4, 0.5) is 83.4 Å². The van der Waals surface area contributed by atoms with Gasteiger partial charge in [-0.25, -0.2) is 4.39 Å². The second-order valence-corrected chi connectivity index (χ2v) is 6.81. The van der Waals surface area contributed by atoms with E-state index in [0.29, 0.717) is 0 Å². The van der Waals surface area contributed by atoms with Gasteiger partial charge in [0, 0.05) is 0 Å². The van der Waals surface area contributed by atoms with Crippen molar-refractivity contribution >= 4 is 0 Å². The summed E-state index contributed by atoms with van der Waals surface area (Å²) in [5.74, 6) is -50.5. The zero-order chi connectivity index (χ0) is 28.2. The van der Waals surface area contributed by atoms with Gasteiger partial charge < -0.3 is 5.11 Å². The molecule has 0 radical (unpaired) electrons. The van der Waals surface area contributed by atoms with E-state index in [1.165, 1.54) is 0 Å². The lowest BCUT2D eigenvalue weighted by molar-refractivity contribution is -0.474. The van der Waals surface area contributed by atoms with Crippen molar-refractivity contribution < 1.29 is 88.5 Å². The lowest BCUT2D eigenvalue weighted by Crippen LogP contribution is -2.78. The van der Waals surface area contributed by atoms with Crippen molar-refractivity contribution in [3.8, 4) is 0 Å². The second kappa shape index (κ2) is 8.63. The summed E-state index contributed by atoms with van der Waals surface area (Å²) >= 11 is 0. The Balaban J connectivity index is 7.00. The molecular weight excluding hydrogens is 545 g/mol. The van der Waals surface area contributed by atoms with E-state index in [1.807, 2.05) is 0 Å². The van der Waals surface area contributed by atoms with Crippen LogP contribution in [0.5, 0.6) is 0 Å². The summed E-state index contributed by atoms with van der Waals surface area (Å²) in [5.41, 5.74) is -8.76. The highest BCUT2D eigenvalue weighted by atomic mass is 19.4. The van der Waals surface area contributed by atoms with E-state index in [4.69, 9.17) is 5.11 Å². The molecule has 0 bridgehead atoms. The number of alkyl halides is 19. The van der Waals surface area contributed by atoms with Gasteiger partial charge >= 0.3 is 53.6 Å². The Kier molecular flexibility index (Phi) is 8.28. The van der Waals surface area contributed by atoms with E-state index >= 15 is 0 Å². The Morgan fingerprint density at radius 3 is 1.09 bits per heavy atom. The van der Waals surface area contributed by atoms with Gasteiger partial charge in [0.05, 0.1) is 0 Å². The van der Waals surface area contributed by atoms with E-state index in [1.54, 1.807) is 0 Å². The van der Waals surface area contributed by atoms with E-state index in [9.17, 15) is 83.4 Å². The maximum Gasteiger partial charge on any atom is 0.438 e. The van der Waals surface area contributed by atoms with Gasteiger partial charge in [-0.3, -0.25) is 0 Å². The first-order chi connectivity index (χ1) is 14.5. The van der Waals surface area contributed by atoms with Crippen molar-refractivity contribution in [3.05, 3.63) is 0 Å². The van der Waals surface area contributed by atoms with Crippen molar-refractivity contribution in [1.29, 1.82) is 0 Å². The summed E-state index contributed by atoms with van der Waals surface area (Å²) in [6, 6.07) is 0. The molecule has 1 atom stereocenters. The van der Waals surface area contributed by atoms with Crippen molar-refractivity contribution in [2.45, 2.75) is 85.8 Å². The number of aliphatic hydroxyl groups is 1. The van der Waals surface area contributed by atoms with Crippen LogP contribution in [-0.2, 0) is 0 Å². The third kappa shape index (κ3) is 4.14. The normalized spacial score (nSPS) is 17.2. The fourth-order valence-corrected chi connectivity index (χ4v) is 2.32. The topological polar surface area (TPSA) is 20.2 Å². The van der Waals surface area contributed by atoms with Gasteiger partial charge in [-0.15, -0.1) is 0 Å². The average Bonchev–Trinajstić information content (AvgIpc) is 2.62. The molecule has 0 amide bonds. The first-order valence-electron chi connectivity index (χ1n) is 8.25. The molecule has 0 heterocycles. The van der Waals surface area contributed by atoms with Gasteiger partial charge in [0.15, 0.2) is 0 Å². The molecule has 0 aromatic heterocycles. The van der Waals surface area contributed by atoms with Gasteiger partial charge in [-0.2, -0.15) is 79.0 Å². The molecule has 20 heteroatoms. The van der Waals surface area contributed by atoms with Crippen LogP contribution in [0.25, 0.3) is 0 Å². The van der Waals surface area contributed by atoms with Crippen LogP contribution in [0.2, 0.25) is 0 Å². The maximum atomic E-state index is 13.6. The third-order valence-electron chi connectivity index (χ3n) is 4.46. The Labute approximate surface area is 175 Å². The molecular formula is C14H11F19O. The quantitative estimate of drug-likeness (QED) is 0.283. The van der Waals surface area contributed by atoms with Gasteiger partial charge in [0.1, 0.15) is 6.10 Å². The largest absolute Gasteiger partial charge is 0.438 e. The molecule has 1 nitrogen and oxygen atoms in total. The minimum atomic E-state index is -9.04. The number of rotatable bonds is 10. The number of unbranched alkanes of at least 4 members (excludes halogenated alkanes) is 1. The molecule has 0 rings (SSSR count). The van der Waals surface area contributed by atoms with Crippen LogP contribution in [0, 0.1) is 0 Å². The first-order valence-corrected chi connectivity index (χ1v) is 8.25. The Bertz CT molecular complexity index is 689. The zero-order valence-electron chi connectivity index (χ0n) is 15.8. The SMILES string of the molecule is CCCCC(O)C(F)(F)C(F)(F)C(F)(F)C(F)(F)C(F)(F)C(F)(F)C(F)(C(F)(F)F)C(F)(F)F. The number of aliphatic hydroxyl groups excluding tert-OH is 1. The molecule has 1 unspecified atom stereocenters. The third-order valence-corrected chi connectivity index (χ3v) is 4.46. The molecule has 34 heavy (non-hydrogen) atoms. The Morgan fingerprint density at radius 2 is 0.794 bits per heavy atom. The summed E-state index contributed by atoms with van der Waals surface area (Å²) < 4.78 is 250. The molecule has 0 saturated heterocycles. The number of hydrogen-bond acceptors (Lipinski definition) is 1. The lowest BCUT2D eigenvalue weighted by Gasteiger charge is -2.45. The van der Waals surface area contributed by atoms with Crippen LogP contribution >= 0.6 is 0 Å². The monoisotopic (exact) mass is 556 g/mol. The van der Waals surface area contributed by atoms with Crippen LogP contribution < -0.4 is 0 Å². The van der Waals surface area contributed by atoms with Crippen molar-refractivity contribution in [2.24, 2.45) is 0 Å². The lowest BCUT2D eigenvalue weighted by atomic mass is 9.83. The zero-order valence-corrected chi connectivity index (χ0v) is 15.8. The van der Waals surface area contributed by atoms with E-state index in [-0.39, 0.29) is 6.42 Å². The van der Waals surface area contributed by atoms with E-state index in [0.717, 1.165) is 6.92 Å². The molecule has 0 aliphatic heterocycles. The minimum absolute atomic E-state index is 0.261. The van der Waals surface area contributed by atoms with Crippen LogP contribution in [0.15, 0.2) is 0 Å². The highest BCUT2D eigenvalue weighted by Crippen LogP contribution is 2.66. The van der Waals surface area contributed by atoms with Gasteiger partial charge in [-0.05, 0) is 6.42 Å². The summed E-state index contributed by atoms with van der Waals surface area (Å²) in [6.07, 6.45) is -23.3. The molecule has 0 aromatic carbocycles. The highest BCUT2D eigenvalue weighted by molar-refractivity contribution is 5.19. The van der Waals surface area contributed by atoms with Crippen molar-refractivity contribution in [1.82, 2.24) is 0 Å². The molecule has 0 aliphatic carbocycles. The Hall–Kier alpha value is -1.37. The van der Waals surface area contributed by atoms with Crippen LogP contribution in [-0.4, -0.2) is 64.8 Å². The van der Waals surface area contributed by atoms with Crippen molar-refractivity contribution in [2.75, 3.05) is 0 Å². The summed E-state index contributed by atoms with van der Waals surface area (Å²) in [7, 11) is 0. The molecule has 206 valence electrons. The molecule has 0 aromatic rings. The number of halogens is 19. The predicted molar refractivity (Wildman–Crippen MR) is 71.2 cm³/mol. The highest BCUT2D eigenvalue weighted by Gasteiger charge is 2.98. The molecule has 0 spiro atoms. The van der Waals surface area contributed by atoms with Crippen LogP contribution in [0.3, 0.4) is 0 Å². The second-order valence-electron chi connectivity index (χ2n) is 6.81. The molecule has 0 fully saturated rings. The summed E-state index contributed by atoms with van der Waals surface area (Å²) in [5, 5.41) is 8.88. The standard InChI is InChI=1S/C14H11F19O/c1-2-3-4-5(34)6(15,16)8(18,19)10(22,23)12(26,27)11(24,25)9(20,21)7(17,13(28,29)30)14(31,32)33/h5,34H,2-4H2,1H3. The van der Waals surface area contributed by atoms with Gasteiger partial charge in [-0.1, -0.05) is 19.8 Å². The van der Waals surface area contributed by atoms with E-state index < -0.39 is 72.5 Å². The predicted octanol–water partition coefficient (Wildman–Crippen LogP) is 7.18. The summed E-state index contributed by atoms with van der Waals surface area (Å²) in [6.45, 7) is 1.11. The van der Waals surface area contributed by atoms with Crippen LogP contribution in [0.1, 0.15) is 26.2 Å². The minimum Gasteiger partial charge on any atom is -0.387 e. The molecule has 0 saturated carbocycles. The van der Waals surface area contributed by atoms with E-state index in [2.05, 4.69) is 0 Å². The fourth-order valence-electron chi connectivity index (χ4n) is 2.32. The first kappa shape index (κ1) is 32.6. The van der Waals surface area contributed by atoms with Crippen molar-refractivity contribution in [3.63, 3.8) is 0 Å². The average molecular weight is 556 g/mol. The summed E-state index contributed by atoms with van der Waals surface area (Å²) in [4.78, 5) is 0. The Morgan fingerprint density at radius 1 is 0.500 bits per heavy atom. The fraction of sp³-hybridized carbons (Fsp3) is 1.00. The number of hydrogen-bond donors (Lipinski definition) is 1. The maximum absolute atomic E-state index is 13.6. The smallest absolute Gasteiger partial charge is 0.387 e. The molecule has 0 aliphatic rings.